The summed E-state index contributed by atoms with van der Waals surface area (Å²) in [5.41, 5.74) is 3.30. The van der Waals surface area contributed by atoms with Crippen LogP contribution in [0.5, 0.6) is 5.75 Å². The number of benzene rings is 3. The number of ether oxygens (including phenoxy) is 1. The zero-order chi connectivity index (χ0) is 18.5. The molecule has 0 bridgehead atoms. The van der Waals surface area contributed by atoms with Crippen LogP contribution in [0.25, 0.3) is 0 Å². The molecule has 0 saturated carbocycles. The summed E-state index contributed by atoms with van der Waals surface area (Å²) in [7, 11) is 0. The van der Waals surface area contributed by atoms with Gasteiger partial charge in [0.25, 0.3) is 0 Å². The predicted octanol–water partition coefficient (Wildman–Crippen LogP) is 6.88. The maximum Gasteiger partial charge on any atom is 0.134 e. The summed E-state index contributed by atoms with van der Waals surface area (Å²) < 4.78 is 20.1. The Bertz CT molecular complexity index is 958. The Morgan fingerprint density at radius 2 is 1.92 bits per heavy atom. The third-order valence-corrected chi connectivity index (χ3v) is 4.68. The lowest BCUT2D eigenvalue weighted by molar-refractivity contribution is 0.298. The number of nitrogens with zero attached hydrogens (tertiary/aromatic N) is 1. The molecule has 0 N–H and O–H groups in total. The van der Waals surface area contributed by atoms with Crippen LogP contribution in [0.1, 0.15) is 16.7 Å². The number of rotatable bonds is 5. The first kappa shape index (κ1) is 18.6. The van der Waals surface area contributed by atoms with E-state index in [0.29, 0.717) is 16.3 Å². The lowest BCUT2D eigenvalue weighted by atomic mass is 10.2. The Kier molecular flexibility index (Phi) is 6.07. The monoisotopic (exact) mass is 431 g/mol. The van der Waals surface area contributed by atoms with E-state index in [1.807, 2.05) is 43.3 Å². The topological polar surface area (TPSA) is 21.6 Å². The van der Waals surface area contributed by atoms with Gasteiger partial charge in [-0.15, -0.1) is 0 Å². The lowest BCUT2D eigenvalue weighted by Crippen LogP contribution is -1.99. The first-order valence-electron chi connectivity index (χ1n) is 7.99. The van der Waals surface area contributed by atoms with E-state index in [1.54, 1.807) is 24.4 Å². The first-order valence-corrected chi connectivity index (χ1v) is 9.16. The van der Waals surface area contributed by atoms with Gasteiger partial charge in [0.1, 0.15) is 18.2 Å². The van der Waals surface area contributed by atoms with Crippen molar-refractivity contribution in [3.8, 4) is 5.75 Å². The molecule has 3 aromatic carbocycles. The number of aryl methyl sites for hydroxylation is 1. The number of hydrogen-bond donors (Lipinski definition) is 0. The van der Waals surface area contributed by atoms with Gasteiger partial charge >= 0.3 is 0 Å². The van der Waals surface area contributed by atoms with Crippen molar-refractivity contribution in [2.45, 2.75) is 13.5 Å². The van der Waals surface area contributed by atoms with Crippen LogP contribution < -0.4 is 4.74 Å². The highest BCUT2D eigenvalue weighted by molar-refractivity contribution is 9.10. The molecule has 0 aromatic heterocycles. The van der Waals surface area contributed by atoms with Crippen LogP contribution in [0, 0.1) is 12.7 Å². The number of aliphatic imine (C=N–C) groups is 1. The van der Waals surface area contributed by atoms with E-state index in [9.17, 15) is 4.39 Å². The van der Waals surface area contributed by atoms with Crippen LogP contribution in [0.3, 0.4) is 0 Å². The Morgan fingerprint density at radius 3 is 2.69 bits per heavy atom. The molecule has 26 heavy (non-hydrogen) atoms. The second-order valence-corrected chi connectivity index (χ2v) is 7.05. The van der Waals surface area contributed by atoms with Crippen LogP contribution >= 0.6 is 27.5 Å². The van der Waals surface area contributed by atoms with Gasteiger partial charge in [-0.05, 0) is 70.4 Å². The van der Waals surface area contributed by atoms with Crippen LogP contribution in [-0.4, -0.2) is 6.21 Å². The quantitative estimate of drug-likeness (QED) is 0.403. The van der Waals surface area contributed by atoms with E-state index >= 15 is 0 Å². The summed E-state index contributed by atoms with van der Waals surface area (Å²) >= 11 is 9.51. The average Bonchev–Trinajstić information content (AvgIpc) is 2.63. The second kappa shape index (κ2) is 8.47. The zero-order valence-electron chi connectivity index (χ0n) is 14.0. The Hall–Kier alpha value is -2.17. The van der Waals surface area contributed by atoms with Gasteiger partial charge in [0.2, 0.25) is 0 Å². The summed E-state index contributed by atoms with van der Waals surface area (Å²) in [6.45, 7) is 2.15. The van der Waals surface area contributed by atoms with Crippen molar-refractivity contribution in [1.29, 1.82) is 0 Å². The molecule has 0 fully saturated rings. The molecule has 0 heterocycles. The van der Waals surface area contributed by atoms with Gasteiger partial charge in [-0.2, -0.15) is 0 Å². The number of hydrogen-bond acceptors (Lipinski definition) is 2. The highest BCUT2D eigenvalue weighted by Crippen LogP contribution is 2.27. The van der Waals surface area contributed by atoms with Gasteiger partial charge < -0.3 is 4.74 Å². The molecule has 0 atom stereocenters. The predicted molar refractivity (Wildman–Crippen MR) is 108 cm³/mol. The second-order valence-electron chi connectivity index (χ2n) is 5.76. The Balaban J connectivity index is 1.72. The highest BCUT2D eigenvalue weighted by atomic mass is 79.9. The average molecular weight is 433 g/mol. The molecule has 0 saturated heterocycles. The van der Waals surface area contributed by atoms with E-state index in [-0.39, 0.29) is 12.4 Å². The van der Waals surface area contributed by atoms with Crippen molar-refractivity contribution in [2.75, 3.05) is 0 Å². The van der Waals surface area contributed by atoms with Crippen molar-refractivity contribution in [3.05, 3.63) is 92.7 Å². The first-order chi connectivity index (χ1) is 12.5. The normalized spacial score (nSPS) is 11.1. The van der Waals surface area contributed by atoms with Crippen molar-refractivity contribution in [1.82, 2.24) is 0 Å². The molecule has 0 radical (unpaired) electrons. The Labute approximate surface area is 165 Å². The molecule has 0 aliphatic rings. The minimum absolute atomic E-state index is 0.167. The van der Waals surface area contributed by atoms with Gasteiger partial charge in [0.05, 0.1) is 10.2 Å². The fourth-order valence-electron chi connectivity index (χ4n) is 2.35. The minimum Gasteiger partial charge on any atom is -0.488 e. The molecule has 5 heteroatoms. The molecular weight excluding hydrogens is 417 g/mol. The molecule has 0 unspecified atom stereocenters. The lowest BCUT2D eigenvalue weighted by Gasteiger charge is -2.09. The van der Waals surface area contributed by atoms with Crippen LogP contribution in [0.15, 0.2) is 70.1 Å². The highest BCUT2D eigenvalue weighted by Gasteiger charge is 2.05. The summed E-state index contributed by atoms with van der Waals surface area (Å²) in [6, 6.07) is 17.8. The summed E-state index contributed by atoms with van der Waals surface area (Å²) in [6.07, 6.45) is 1.77. The summed E-state index contributed by atoms with van der Waals surface area (Å²) in [5, 5.41) is 0.654. The maximum atomic E-state index is 13.7. The van der Waals surface area contributed by atoms with E-state index in [4.69, 9.17) is 16.3 Å². The van der Waals surface area contributed by atoms with Crippen LogP contribution in [0.4, 0.5) is 10.1 Å². The van der Waals surface area contributed by atoms with Gasteiger partial charge in [0.15, 0.2) is 0 Å². The van der Waals surface area contributed by atoms with Gasteiger partial charge in [-0.25, -0.2) is 4.39 Å². The molecule has 0 aliphatic carbocycles. The van der Waals surface area contributed by atoms with Crippen molar-refractivity contribution in [3.63, 3.8) is 0 Å². The molecule has 0 spiro atoms. The largest absolute Gasteiger partial charge is 0.488 e. The van der Waals surface area contributed by atoms with E-state index < -0.39 is 0 Å². The fraction of sp³-hybridized carbons (Fsp3) is 0.0952. The molecule has 3 aromatic rings. The Morgan fingerprint density at radius 1 is 1.12 bits per heavy atom. The minimum atomic E-state index is -0.274. The molecule has 3 rings (SSSR count). The molecule has 2 nitrogen and oxygen atoms in total. The van der Waals surface area contributed by atoms with Crippen molar-refractivity contribution >= 4 is 39.4 Å². The van der Waals surface area contributed by atoms with Crippen LogP contribution in [-0.2, 0) is 6.61 Å². The third-order valence-electron chi connectivity index (χ3n) is 3.82. The smallest absolute Gasteiger partial charge is 0.134 e. The SMILES string of the molecule is Cc1ccc(Cl)cc1N=Cc1ccc(OCc2ccccc2F)c(Br)c1. The van der Waals surface area contributed by atoms with Gasteiger partial charge in [-0.1, -0.05) is 35.9 Å². The van der Waals surface area contributed by atoms with E-state index in [2.05, 4.69) is 20.9 Å². The van der Waals surface area contributed by atoms with E-state index in [1.165, 1.54) is 6.07 Å². The van der Waals surface area contributed by atoms with Crippen molar-refractivity contribution in [2.24, 2.45) is 4.99 Å². The molecule has 0 aliphatic heterocycles. The maximum absolute atomic E-state index is 13.7. The molecule has 0 amide bonds. The van der Waals surface area contributed by atoms with E-state index in [0.717, 1.165) is 21.3 Å². The molecule has 132 valence electrons. The van der Waals surface area contributed by atoms with Crippen molar-refractivity contribution < 1.29 is 9.13 Å². The molecular formula is C21H16BrClFNO. The number of halogens is 3. The zero-order valence-corrected chi connectivity index (χ0v) is 16.4. The van der Waals surface area contributed by atoms with Crippen LogP contribution in [0.2, 0.25) is 5.02 Å². The van der Waals surface area contributed by atoms with Gasteiger partial charge in [-0.3, -0.25) is 4.99 Å². The third kappa shape index (κ3) is 4.71. The summed E-state index contributed by atoms with van der Waals surface area (Å²) in [5.74, 6) is 0.369. The fourth-order valence-corrected chi connectivity index (χ4v) is 3.03. The van der Waals surface area contributed by atoms with Gasteiger partial charge in [0, 0.05) is 16.8 Å². The summed E-state index contributed by atoms with van der Waals surface area (Å²) in [4.78, 5) is 4.49. The standard InChI is InChI=1S/C21H16BrClFNO/c1-14-6-8-17(23)11-20(14)25-12-15-7-9-21(18(22)10-15)26-13-16-4-2-3-5-19(16)24/h2-12H,13H2,1H3.